The fraction of sp³-hybridized carbons (Fsp3) is 0.421. The number of unbranched alkanes of at least 4 members (excludes halogenated alkanes) is 3. The molecule has 0 amide bonds. The van der Waals surface area contributed by atoms with E-state index in [1.54, 1.807) is 13.2 Å². The van der Waals surface area contributed by atoms with Crippen molar-refractivity contribution in [2.75, 3.05) is 20.8 Å². The smallest absolute Gasteiger partial charge is 0.496 e. The van der Waals surface area contributed by atoms with E-state index >= 15 is 0 Å². The average Bonchev–Trinajstić information content (AvgIpc) is 2.61. The molecule has 0 aliphatic heterocycles. The fourth-order valence-electron chi connectivity index (χ4n) is 2.51. The minimum absolute atomic E-state index is 0.340. The normalized spacial score (nSPS) is 10.5. The van der Waals surface area contributed by atoms with Gasteiger partial charge in [0.2, 0.25) is 0 Å². The number of hydrogen-bond donors (Lipinski definition) is 0. The van der Waals surface area contributed by atoms with E-state index in [1.165, 1.54) is 7.11 Å². The molecule has 0 heterocycles. The molecular formula is C19H24O5. The van der Waals surface area contributed by atoms with Crippen molar-refractivity contribution >= 4 is 16.9 Å². The number of carbonyl (C=O) groups excluding carboxylic acids is 1. The van der Waals surface area contributed by atoms with E-state index in [0.717, 1.165) is 36.5 Å². The Morgan fingerprint density at radius 3 is 2.33 bits per heavy atom. The Bertz CT molecular complexity index is 681. The van der Waals surface area contributed by atoms with Crippen LogP contribution in [-0.2, 0) is 4.74 Å². The lowest BCUT2D eigenvalue weighted by Gasteiger charge is -2.14. The minimum Gasteiger partial charge on any atom is -0.496 e. The predicted octanol–water partition coefficient (Wildman–Crippen LogP) is 4.95. The van der Waals surface area contributed by atoms with E-state index in [9.17, 15) is 4.79 Å². The number of hydrogen-bond acceptors (Lipinski definition) is 5. The highest BCUT2D eigenvalue weighted by Gasteiger charge is 2.18. The van der Waals surface area contributed by atoms with Crippen molar-refractivity contribution in [3.63, 3.8) is 0 Å². The first-order chi connectivity index (χ1) is 11.7. The van der Waals surface area contributed by atoms with Gasteiger partial charge in [-0.1, -0.05) is 50.5 Å². The van der Waals surface area contributed by atoms with Crippen molar-refractivity contribution < 1.29 is 23.7 Å². The highest BCUT2D eigenvalue weighted by Crippen LogP contribution is 2.41. The molecule has 0 bridgehead atoms. The number of carbonyl (C=O) groups is 1. The molecule has 0 N–H and O–H groups in total. The molecule has 0 aliphatic carbocycles. The lowest BCUT2D eigenvalue weighted by atomic mass is 10.1. The molecule has 0 spiro atoms. The van der Waals surface area contributed by atoms with Crippen molar-refractivity contribution in [1.82, 2.24) is 0 Å². The number of rotatable bonds is 8. The Labute approximate surface area is 142 Å². The first-order valence-electron chi connectivity index (χ1n) is 8.19. The number of methoxy groups -OCH3 is 2. The Morgan fingerprint density at radius 2 is 1.67 bits per heavy atom. The molecule has 0 unspecified atom stereocenters. The molecule has 130 valence electrons. The second-order valence-corrected chi connectivity index (χ2v) is 5.42. The van der Waals surface area contributed by atoms with E-state index in [4.69, 9.17) is 18.9 Å². The van der Waals surface area contributed by atoms with E-state index in [1.807, 2.05) is 24.3 Å². The van der Waals surface area contributed by atoms with Crippen LogP contribution in [0.25, 0.3) is 10.8 Å². The standard InChI is InChI=1S/C19H24O5/c1-4-5-6-9-12-23-19(20)24-18-15-11-8-7-10-14(15)16(21-2)13-17(18)22-3/h7-8,10-11,13H,4-6,9,12H2,1-3H3. The van der Waals surface area contributed by atoms with Gasteiger partial charge in [0.1, 0.15) is 5.75 Å². The molecule has 0 aliphatic rings. The van der Waals surface area contributed by atoms with Crippen LogP contribution in [0, 0.1) is 0 Å². The summed E-state index contributed by atoms with van der Waals surface area (Å²) in [6, 6.07) is 9.21. The summed E-state index contributed by atoms with van der Waals surface area (Å²) in [6.45, 7) is 2.49. The van der Waals surface area contributed by atoms with E-state index in [2.05, 4.69) is 6.92 Å². The summed E-state index contributed by atoms with van der Waals surface area (Å²) in [6.07, 6.45) is 3.43. The second-order valence-electron chi connectivity index (χ2n) is 5.42. The van der Waals surface area contributed by atoms with Crippen LogP contribution in [0.5, 0.6) is 17.2 Å². The van der Waals surface area contributed by atoms with Crippen LogP contribution in [0.4, 0.5) is 4.79 Å². The molecule has 5 heteroatoms. The van der Waals surface area contributed by atoms with Gasteiger partial charge in [0.15, 0.2) is 11.5 Å². The van der Waals surface area contributed by atoms with E-state index < -0.39 is 6.16 Å². The highest BCUT2D eigenvalue weighted by molar-refractivity contribution is 5.96. The largest absolute Gasteiger partial charge is 0.513 e. The molecule has 2 aromatic carbocycles. The zero-order valence-electron chi connectivity index (χ0n) is 14.5. The third-order valence-corrected chi connectivity index (χ3v) is 3.77. The van der Waals surface area contributed by atoms with Gasteiger partial charge in [-0.25, -0.2) is 4.79 Å². The molecule has 0 atom stereocenters. The average molecular weight is 332 g/mol. The summed E-state index contributed by atoms with van der Waals surface area (Å²) in [5, 5.41) is 1.57. The van der Waals surface area contributed by atoms with Crippen LogP contribution in [0.1, 0.15) is 32.6 Å². The van der Waals surface area contributed by atoms with Gasteiger partial charge in [0.05, 0.1) is 20.8 Å². The summed E-state index contributed by atoms with van der Waals surface area (Å²) < 4.78 is 21.3. The van der Waals surface area contributed by atoms with Crippen LogP contribution in [0.2, 0.25) is 0 Å². The number of benzene rings is 2. The van der Waals surface area contributed by atoms with Crippen LogP contribution in [0.15, 0.2) is 30.3 Å². The summed E-state index contributed by atoms with van der Waals surface area (Å²) in [5.74, 6) is 1.42. The van der Waals surface area contributed by atoms with Crippen molar-refractivity contribution in [3.8, 4) is 17.2 Å². The van der Waals surface area contributed by atoms with E-state index in [0.29, 0.717) is 23.9 Å². The molecule has 0 fully saturated rings. The molecule has 2 rings (SSSR count). The van der Waals surface area contributed by atoms with Crippen molar-refractivity contribution in [1.29, 1.82) is 0 Å². The van der Waals surface area contributed by atoms with E-state index in [-0.39, 0.29) is 0 Å². The lowest BCUT2D eigenvalue weighted by molar-refractivity contribution is 0.0967. The summed E-state index contributed by atoms with van der Waals surface area (Å²) >= 11 is 0. The zero-order valence-corrected chi connectivity index (χ0v) is 14.5. The summed E-state index contributed by atoms with van der Waals surface area (Å²) in [7, 11) is 3.11. The highest BCUT2D eigenvalue weighted by atomic mass is 16.7. The third kappa shape index (κ3) is 4.31. The van der Waals surface area contributed by atoms with Gasteiger partial charge in [-0.2, -0.15) is 0 Å². The Balaban J connectivity index is 2.17. The van der Waals surface area contributed by atoms with Gasteiger partial charge in [-0.05, 0) is 6.42 Å². The van der Waals surface area contributed by atoms with Gasteiger partial charge in [-0.3, -0.25) is 0 Å². The van der Waals surface area contributed by atoms with Crippen molar-refractivity contribution in [2.24, 2.45) is 0 Å². The van der Waals surface area contributed by atoms with Crippen LogP contribution in [-0.4, -0.2) is 27.0 Å². The minimum atomic E-state index is -0.722. The first-order valence-corrected chi connectivity index (χ1v) is 8.19. The summed E-state index contributed by atoms with van der Waals surface area (Å²) in [5.41, 5.74) is 0. The summed E-state index contributed by atoms with van der Waals surface area (Å²) in [4.78, 5) is 12.0. The quantitative estimate of drug-likeness (QED) is 0.389. The monoisotopic (exact) mass is 332 g/mol. The molecule has 0 saturated carbocycles. The second kappa shape index (κ2) is 9.01. The Morgan fingerprint density at radius 1 is 0.958 bits per heavy atom. The molecule has 5 nitrogen and oxygen atoms in total. The maximum absolute atomic E-state index is 12.0. The number of fused-ring (bicyclic) bond motifs is 1. The first kappa shape index (κ1) is 17.9. The molecule has 2 aromatic rings. The molecular weight excluding hydrogens is 308 g/mol. The SMILES string of the molecule is CCCCCCOC(=O)Oc1c(OC)cc(OC)c2ccccc12. The van der Waals surface area contributed by atoms with Crippen molar-refractivity contribution in [3.05, 3.63) is 30.3 Å². The third-order valence-electron chi connectivity index (χ3n) is 3.77. The molecule has 24 heavy (non-hydrogen) atoms. The van der Waals surface area contributed by atoms with Gasteiger partial charge >= 0.3 is 6.16 Å². The molecule has 0 aromatic heterocycles. The molecule has 0 radical (unpaired) electrons. The lowest BCUT2D eigenvalue weighted by Crippen LogP contribution is -2.12. The topological polar surface area (TPSA) is 54.0 Å². The predicted molar refractivity (Wildman–Crippen MR) is 93.2 cm³/mol. The maximum Gasteiger partial charge on any atom is 0.513 e. The fourth-order valence-corrected chi connectivity index (χ4v) is 2.51. The molecule has 0 saturated heterocycles. The Hall–Kier alpha value is -2.43. The van der Waals surface area contributed by atoms with Gasteiger partial charge < -0.3 is 18.9 Å². The van der Waals surface area contributed by atoms with Crippen LogP contribution < -0.4 is 14.2 Å². The van der Waals surface area contributed by atoms with Gasteiger partial charge in [-0.15, -0.1) is 0 Å². The number of ether oxygens (including phenoxy) is 4. The maximum atomic E-state index is 12.0. The van der Waals surface area contributed by atoms with Crippen LogP contribution in [0.3, 0.4) is 0 Å². The van der Waals surface area contributed by atoms with Crippen molar-refractivity contribution in [2.45, 2.75) is 32.6 Å². The Kier molecular flexibility index (Phi) is 6.73. The van der Waals surface area contributed by atoms with Crippen LogP contribution >= 0.6 is 0 Å². The van der Waals surface area contributed by atoms with Gasteiger partial charge in [0, 0.05) is 16.8 Å². The van der Waals surface area contributed by atoms with Gasteiger partial charge in [0.25, 0.3) is 0 Å². The zero-order chi connectivity index (χ0) is 17.4.